The lowest BCUT2D eigenvalue weighted by Gasteiger charge is -2.05. The van der Waals surface area contributed by atoms with Gasteiger partial charge in [-0.05, 0) is 24.3 Å². The average Bonchev–Trinajstić information content (AvgIpc) is 2.80. The lowest BCUT2D eigenvalue weighted by molar-refractivity contribution is 0.328. The highest BCUT2D eigenvalue weighted by molar-refractivity contribution is 5.36. The molecule has 0 amide bonds. The summed E-state index contributed by atoms with van der Waals surface area (Å²) < 4.78 is 7.04. The number of rotatable bonds is 4. The van der Waals surface area contributed by atoms with E-state index in [9.17, 15) is 0 Å². The van der Waals surface area contributed by atoms with Crippen LogP contribution in [0.5, 0.6) is 5.75 Å². The lowest BCUT2D eigenvalue weighted by Crippen LogP contribution is -2.10. The van der Waals surface area contributed by atoms with E-state index in [2.05, 4.69) is 10.1 Å². The molecule has 2 N–H and O–H groups in total. The fourth-order valence-corrected chi connectivity index (χ4v) is 1.21. The average molecular weight is 204 g/mol. The predicted octanol–water partition coefficient (Wildman–Crippen LogP) is 0.605. The molecule has 0 saturated carbocycles. The summed E-state index contributed by atoms with van der Waals surface area (Å²) in [5.74, 6) is 0.810. The van der Waals surface area contributed by atoms with Gasteiger partial charge in [0.15, 0.2) is 0 Å². The summed E-state index contributed by atoms with van der Waals surface area (Å²) in [5.41, 5.74) is 6.29. The number of aromatic nitrogens is 3. The normalized spacial score (nSPS) is 10.2. The van der Waals surface area contributed by atoms with E-state index in [4.69, 9.17) is 10.5 Å². The Labute approximate surface area is 87.5 Å². The molecular weight excluding hydrogens is 192 g/mol. The van der Waals surface area contributed by atoms with Gasteiger partial charge in [-0.15, -0.1) is 0 Å². The van der Waals surface area contributed by atoms with E-state index in [0.29, 0.717) is 13.2 Å². The molecule has 5 nitrogen and oxygen atoms in total. The first kappa shape index (κ1) is 9.67. The molecule has 0 atom stereocenters. The molecule has 15 heavy (non-hydrogen) atoms. The molecule has 0 aliphatic heterocycles. The zero-order valence-electron chi connectivity index (χ0n) is 8.21. The molecular formula is C10H12N4O. The van der Waals surface area contributed by atoms with Crippen molar-refractivity contribution in [1.29, 1.82) is 0 Å². The molecule has 0 bridgehead atoms. The third-order valence-electron chi connectivity index (χ3n) is 1.91. The first-order valence-corrected chi connectivity index (χ1v) is 4.68. The second kappa shape index (κ2) is 4.56. The third-order valence-corrected chi connectivity index (χ3v) is 1.91. The van der Waals surface area contributed by atoms with Gasteiger partial charge in [-0.25, -0.2) is 9.67 Å². The number of hydrogen-bond donors (Lipinski definition) is 1. The molecule has 0 spiro atoms. The van der Waals surface area contributed by atoms with Crippen molar-refractivity contribution in [3.05, 3.63) is 36.9 Å². The first-order chi connectivity index (χ1) is 7.40. The molecule has 0 aliphatic rings. The van der Waals surface area contributed by atoms with Gasteiger partial charge in [0, 0.05) is 6.54 Å². The van der Waals surface area contributed by atoms with Crippen molar-refractivity contribution >= 4 is 0 Å². The van der Waals surface area contributed by atoms with E-state index in [1.165, 1.54) is 6.33 Å². The van der Waals surface area contributed by atoms with Crippen LogP contribution in [0.4, 0.5) is 0 Å². The number of nitrogens with two attached hydrogens (primary N) is 1. The lowest BCUT2D eigenvalue weighted by atomic mass is 10.3. The standard InChI is InChI=1S/C10H12N4O/c11-5-6-15-10-3-1-9(2-4-10)14-8-12-7-13-14/h1-4,7-8H,5-6,11H2. The van der Waals surface area contributed by atoms with Crippen LogP contribution in [0.2, 0.25) is 0 Å². The van der Waals surface area contributed by atoms with Crippen molar-refractivity contribution in [2.45, 2.75) is 0 Å². The van der Waals surface area contributed by atoms with Gasteiger partial charge >= 0.3 is 0 Å². The maximum atomic E-state index is 5.36. The fraction of sp³-hybridized carbons (Fsp3) is 0.200. The summed E-state index contributed by atoms with van der Waals surface area (Å²) in [6.45, 7) is 1.05. The van der Waals surface area contributed by atoms with Crippen molar-refractivity contribution in [1.82, 2.24) is 14.8 Å². The smallest absolute Gasteiger partial charge is 0.138 e. The number of nitrogens with zero attached hydrogens (tertiary/aromatic N) is 3. The van der Waals surface area contributed by atoms with Gasteiger partial charge in [-0.3, -0.25) is 0 Å². The SMILES string of the molecule is NCCOc1ccc(-n2cncn2)cc1. The molecule has 0 radical (unpaired) electrons. The van der Waals surface area contributed by atoms with Gasteiger partial charge in [-0.2, -0.15) is 5.10 Å². The van der Waals surface area contributed by atoms with Crippen LogP contribution in [0.15, 0.2) is 36.9 Å². The maximum absolute atomic E-state index is 5.36. The Morgan fingerprint density at radius 3 is 2.67 bits per heavy atom. The van der Waals surface area contributed by atoms with Crippen LogP contribution in [-0.2, 0) is 0 Å². The van der Waals surface area contributed by atoms with E-state index in [-0.39, 0.29) is 0 Å². The highest BCUT2D eigenvalue weighted by atomic mass is 16.5. The zero-order chi connectivity index (χ0) is 10.5. The van der Waals surface area contributed by atoms with E-state index < -0.39 is 0 Å². The van der Waals surface area contributed by atoms with Crippen molar-refractivity contribution in [3.8, 4) is 11.4 Å². The van der Waals surface area contributed by atoms with E-state index in [0.717, 1.165) is 11.4 Å². The first-order valence-electron chi connectivity index (χ1n) is 4.68. The second-order valence-electron chi connectivity index (χ2n) is 2.97. The summed E-state index contributed by atoms with van der Waals surface area (Å²) in [5, 5.41) is 4.02. The Balaban J connectivity index is 2.11. The molecule has 2 rings (SSSR count). The van der Waals surface area contributed by atoms with Gasteiger partial charge in [0.05, 0.1) is 5.69 Å². The van der Waals surface area contributed by atoms with Crippen LogP contribution in [0.3, 0.4) is 0 Å². The molecule has 1 aromatic carbocycles. The summed E-state index contributed by atoms with van der Waals surface area (Å²) in [6.07, 6.45) is 3.15. The van der Waals surface area contributed by atoms with Crippen LogP contribution in [0.25, 0.3) is 5.69 Å². The minimum Gasteiger partial charge on any atom is -0.492 e. The van der Waals surface area contributed by atoms with Gasteiger partial charge in [0.2, 0.25) is 0 Å². The Morgan fingerprint density at radius 1 is 1.27 bits per heavy atom. The summed E-state index contributed by atoms with van der Waals surface area (Å²) in [6, 6.07) is 7.60. The monoisotopic (exact) mass is 204 g/mol. The Kier molecular flexibility index (Phi) is 2.94. The quantitative estimate of drug-likeness (QED) is 0.792. The van der Waals surface area contributed by atoms with Crippen LogP contribution < -0.4 is 10.5 Å². The molecule has 1 heterocycles. The van der Waals surface area contributed by atoms with Gasteiger partial charge < -0.3 is 10.5 Å². The topological polar surface area (TPSA) is 66.0 Å². The van der Waals surface area contributed by atoms with Crippen LogP contribution in [-0.4, -0.2) is 27.9 Å². The summed E-state index contributed by atoms with van der Waals surface area (Å²) in [7, 11) is 0. The maximum Gasteiger partial charge on any atom is 0.138 e. The van der Waals surface area contributed by atoms with Crippen LogP contribution >= 0.6 is 0 Å². The number of hydrogen-bond acceptors (Lipinski definition) is 4. The minimum absolute atomic E-state index is 0.519. The predicted molar refractivity (Wildman–Crippen MR) is 55.9 cm³/mol. The van der Waals surface area contributed by atoms with E-state index in [1.54, 1.807) is 11.0 Å². The molecule has 1 aromatic heterocycles. The van der Waals surface area contributed by atoms with Crippen LogP contribution in [0.1, 0.15) is 0 Å². The molecule has 0 aliphatic carbocycles. The minimum atomic E-state index is 0.519. The molecule has 2 aromatic rings. The number of benzene rings is 1. The van der Waals surface area contributed by atoms with Crippen molar-refractivity contribution in [3.63, 3.8) is 0 Å². The number of ether oxygens (including phenoxy) is 1. The Bertz CT molecular complexity index is 396. The van der Waals surface area contributed by atoms with E-state index in [1.807, 2.05) is 24.3 Å². The van der Waals surface area contributed by atoms with Crippen LogP contribution in [0, 0.1) is 0 Å². The molecule has 5 heteroatoms. The van der Waals surface area contributed by atoms with E-state index >= 15 is 0 Å². The fourth-order valence-electron chi connectivity index (χ4n) is 1.21. The zero-order valence-corrected chi connectivity index (χ0v) is 8.21. The largest absolute Gasteiger partial charge is 0.492 e. The van der Waals surface area contributed by atoms with Gasteiger partial charge in [0.25, 0.3) is 0 Å². The van der Waals surface area contributed by atoms with Gasteiger partial charge in [0.1, 0.15) is 25.0 Å². The molecule has 0 unspecified atom stereocenters. The molecule has 0 fully saturated rings. The Hall–Kier alpha value is -1.88. The highest BCUT2D eigenvalue weighted by Gasteiger charge is 1.97. The van der Waals surface area contributed by atoms with Gasteiger partial charge in [-0.1, -0.05) is 0 Å². The molecule has 0 saturated heterocycles. The van der Waals surface area contributed by atoms with Crippen molar-refractivity contribution < 1.29 is 4.74 Å². The third kappa shape index (κ3) is 2.32. The highest BCUT2D eigenvalue weighted by Crippen LogP contribution is 2.13. The molecule has 78 valence electrons. The Morgan fingerprint density at radius 2 is 2.07 bits per heavy atom. The van der Waals surface area contributed by atoms with Crippen molar-refractivity contribution in [2.75, 3.05) is 13.2 Å². The summed E-state index contributed by atoms with van der Waals surface area (Å²) in [4.78, 5) is 3.87. The second-order valence-corrected chi connectivity index (χ2v) is 2.97. The van der Waals surface area contributed by atoms with Crippen molar-refractivity contribution in [2.24, 2.45) is 5.73 Å². The summed E-state index contributed by atoms with van der Waals surface area (Å²) >= 11 is 0.